The molecule has 1 aliphatic heterocycles. The second-order valence-electron chi connectivity index (χ2n) is 5.28. The Morgan fingerprint density at radius 2 is 2.07 bits per heavy atom. The second-order valence-corrected chi connectivity index (χ2v) is 7.22. The first kappa shape index (κ1) is 11.5. The Bertz CT molecular complexity index is 365. The van der Waals surface area contributed by atoms with Gasteiger partial charge in [0.25, 0.3) is 0 Å². The van der Waals surface area contributed by atoms with Gasteiger partial charge in [0.1, 0.15) is 0 Å². The molecule has 0 nitrogen and oxygen atoms in total. The Morgan fingerprint density at radius 1 is 1.33 bits per heavy atom. The van der Waals surface area contributed by atoms with Crippen molar-refractivity contribution in [2.45, 2.75) is 32.4 Å². The van der Waals surface area contributed by atoms with Crippen LogP contribution in [0.15, 0.2) is 22.7 Å². The minimum atomic E-state index is 0.364. The van der Waals surface area contributed by atoms with Gasteiger partial charge in [-0.3, -0.25) is 0 Å². The average Bonchev–Trinajstić information content (AvgIpc) is 2.15. The predicted octanol–water partition coefficient (Wildman–Crippen LogP) is 4.83. The number of hydrogen-bond donors (Lipinski definition) is 0. The molecule has 0 N–H and O–H groups in total. The van der Waals surface area contributed by atoms with Crippen molar-refractivity contribution >= 4 is 27.7 Å². The molecule has 82 valence electrons. The van der Waals surface area contributed by atoms with Crippen LogP contribution >= 0.6 is 27.7 Å². The summed E-state index contributed by atoms with van der Waals surface area (Å²) in [7, 11) is 0. The van der Waals surface area contributed by atoms with Gasteiger partial charge in [-0.2, -0.15) is 11.8 Å². The highest BCUT2D eigenvalue weighted by atomic mass is 79.9. The van der Waals surface area contributed by atoms with Crippen molar-refractivity contribution in [3.8, 4) is 0 Å². The second kappa shape index (κ2) is 4.14. The van der Waals surface area contributed by atoms with Crippen LogP contribution in [0.4, 0.5) is 0 Å². The van der Waals surface area contributed by atoms with Gasteiger partial charge in [-0.1, -0.05) is 42.8 Å². The quantitative estimate of drug-likeness (QED) is 0.658. The van der Waals surface area contributed by atoms with Crippen molar-refractivity contribution in [3.63, 3.8) is 0 Å². The molecule has 1 aromatic carbocycles. The lowest BCUT2D eigenvalue weighted by molar-refractivity contribution is 0.341. The van der Waals surface area contributed by atoms with Crippen LogP contribution in [0.5, 0.6) is 0 Å². The maximum atomic E-state index is 3.58. The molecule has 0 radical (unpaired) electrons. The number of thioether (sulfide) groups is 1. The van der Waals surface area contributed by atoms with Crippen LogP contribution in [0.1, 0.15) is 37.8 Å². The van der Waals surface area contributed by atoms with Gasteiger partial charge in [-0.25, -0.2) is 0 Å². The Kier molecular flexibility index (Phi) is 3.18. The highest BCUT2D eigenvalue weighted by Gasteiger charge is 2.30. The van der Waals surface area contributed by atoms with Gasteiger partial charge in [0.15, 0.2) is 0 Å². The molecule has 0 bridgehead atoms. The van der Waals surface area contributed by atoms with E-state index in [1.165, 1.54) is 21.5 Å². The van der Waals surface area contributed by atoms with Gasteiger partial charge >= 0.3 is 0 Å². The third-order valence-corrected chi connectivity index (χ3v) is 4.65. The summed E-state index contributed by atoms with van der Waals surface area (Å²) in [6.45, 7) is 7.02. The summed E-state index contributed by atoms with van der Waals surface area (Å²) < 4.78 is 1.21. The smallest absolute Gasteiger partial charge is 0.0187 e. The number of fused-ring (bicyclic) bond motifs is 1. The minimum Gasteiger partial charge on any atom is -0.157 e. The highest BCUT2D eigenvalue weighted by molar-refractivity contribution is 9.10. The number of benzene rings is 1. The summed E-state index contributed by atoms with van der Waals surface area (Å²) in [6, 6.07) is 6.74. The minimum absolute atomic E-state index is 0.364. The first-order valence-corrected chi connectivity index (χ1v) is 7.29. The van der Waals surface area contributed by atoms with Crippen LogP contribution in [0, 0.1) is 5.41 Å². The fraction of sp³-hybridized carbons (Fsp3) is 0.538. The molecule has 0 aromatic heterocycles. The van der Waals surface area contributed by atoms with Gasteiger partial charge in [0, 0.05) is 16.0 Å². The molecular weight excluding hydrogens is 268 g/mol. The van der Waals surface area contributed by atoms with Crippen LogP contribution in [0.25, 0.3) is 0 Å². The van der Waals surface area contributed by atoms with Crippen LogP contribution in [-0.4, -0.2) is 5.75 Å². The van der Waals surface area contributed by atoms with Crippen LogP contribution in [0.3, 0.4) is 0 Å². The maximum Gasteiger partial charge on any atom is 0.0187 e. The third-order valence-electron chi connectivity index (χ3n) is 3.07. The van der Waals surface area contributed by atoms with Gasteiger partial charge in [0.2, 0.25) is 0 Å². The molecule has 0 fully saturated rings. The highest BCUT2D eigenvalue weighted by Crippen LogP contribution is 2.44. The van der Waals surface area contributed by atoms with Crippen LogP contribution in [0.2, 0.25) is 0 Å². The van der Waals surface area contributed by atoms with Gasteiger partial charge < -0.3 is 0 Å². The third kappa shape index (κ3) is 2.42. The topological polar surface area (TPSA) is 0 Å². The SMILES string of the molecule is CC(C)(C)C1CSCc2ccc(Br)cc21. The first-order valence-electron chi connectivity index (χ1n) is 5.34. The van der Waals surface area contributed by atoms with E-state index < -0.39 is 0 Å². The number of hydrogen-bond acceptors (Lipinski definition) is 1. The zero-order valence-corrected chi connectivity index (χ0v) is 11.9. The van der Waals surface area contributed by atoms with Crippen molar-refractivity contribution in [2.75, 3.05) is 5.75 Å². The summed E-state index contributed by atoms with van der Waals surface area (Å²) in [6.07, 6.45) is 0. The molecule has 0 saturated heterocycles. The van der Waals surface area contributed by atoms with E-state index in [2.05, 4.69) is 66.7 Å². The Morgan fingerprint density at radius 3 is 2.73 bits per heavy atom. The van der Waals surface area contributed by atoms with E-state index in [-0.39, 0.29) is 0 Å². The lowest BCUT2D eigenvalue weighted by atomic mass is 9.76. The molecule has 1 aromatic rings. The zero-order valence-electron chi connectivity index (χ0n) is 9.51. The van der Waals surface area contributed by atoms with Crippen molar-refractivity contribution in [1.82, 2.24) is 0 Å². The van der Waals surface area contributed by atoms with E-state index >= 15 is 0 Å². The summed E-state index contributed by atoms with van der Waals surface area (Å²) in [5, 5.41) is 0. The molecule has 0 aliphatic carbocycles. The lowest BCUT2D eigenvalue weighted by Crippen LogP contribution is -2.24. The van der Waals surface area contributed by atoms with Gasteiger partial charge in [-0.15, -0.1) is 0 Å². The molecule has 0 amide bonds. The maximum absolute atomic E-state index is 3.58. The van der Waals surface area contributed by atoms with E-state index in [0.29, 0.717) is 11.3 Å². The molecule has 2 heteroatoms. The molecule has 0 spiro atoms. The van der Waals surface area contributed by atoms with E-state index in [0.717, 1.165) is 0 Å². The molecule has 15 heavy (non-hydrogen) atoms. The molecule has 1 unspecified atom stereocenters. The Labute approximate surface area is 105 Å². The molecular formula is C13H17BrS. The largest absolute Gasteiger partial charge is 0.157 e. The number of rotatable bonds is 0. The van der Waals surface area contributed by atoms with Crippen LogP contribution < -0.4 is 0 Å². The normalized spacial score (nSPS) is 21.2. The summed E-state index contributed by atoms with van der Waals surface area (Å²) >= 11 is 5.64. The molecule has 1 aliphatic rings. The fourth-order valence-corrected chi connectivity index (χ4v) is 4.01. The molecule has 1 heterocycles. The first-order chi connectivity index (χ1) is 6.98. The molecule has 1 atom stereocenters. The van der Waals surface area contributed by atoms with E-state index in [1.54, 1.807) is 5.56 Å². The standard InChI is InChI=1S/C13H17BrS/c1-13(2,3)12-8-15-7-9-4-5-10(14)6-11(9)12/h4-6,12H,7-8H2,1-3H3. The van der Waals surface area contributed by atoms with Crippen molar-refractivity contribution in [3.05, 3.63) is 33.8 Å². The lowest BCUT2D eigenvalue weighted by Gasteiger charge is -2.35. The predicted molar refractivity (Wildman–Crippen MR) is 72.5 cm³/mol. The van der Waals surface area contributed by atoms with E-state index in [4.69, 9.17) is 0 Å². The van der Waals surface area contributed by atoms with Crippen molar-refractivity contribution in [1.29, 1.82) is 0 Å². The average molecular weight is 285 g/mol. The summed E-state index contributed by atoms with van der Waals surface area (Å²) in [5.41, 5.74) is 3.44. The van der Waals surface area contributed by atoms with Gasteiger partial charge in [-0.05, 0) is 34.6 Å². The molecule has 0 saturated carbocycles. The van der Waals surface area contributed by atoms with E-state index in [1.807, 2.05) is 0 Å². The summed E-state index contributed by atoms with van der Waals surface area (Å²) in [5.74, 6) is 3.12. The fourth-order valence-electron chi connectivity index (χ4n) is 2.11. The molecule has 2 rings (SSSR count). The van der Waals surface area contributed by atoms with Crippen LogP contribution in [-0.2, 0) is 5.75 Å². The van der Waals surface area contributed by atoms with Gasteiger partial charge in [0.05, 0.1) is 0 Å². The monoisotopic (exact) mass is 284 g/mol. The van der Waals surface area contributed by atoms with Crippen molar-refractivity contribution < 1.29 is 0 Å². The Hall–Kier alpha value is 0.0500. The van der Waals surface area contributed by atoms with E-state index in [9.17, 15) is 0 Å². The summed E-state index contributed by atoms with van der Waals surface area (Å²) in [4.78, 5) is 0. The van der Waals surface area contributed by atoms with Crippen molar-refractivity contribution in [2.24, 2.45) is 5.41 Å². The number of halogens is 1. The zero-order chi connectivity index (χ0) is 11.1. The Balaban J connectivity index is 2.45.